The van der Waals surface area contributed by atoms with Crippen LogP contribution in [0.5, 0.6) is 0 Å². The number of pyridine rings is 1. The van der Waals surface area contributed by atoms with Crippen molar-refractivity contribution >= 4 is 21.9 Å². The molecule has 0 bridgehead atoms. The first-order chi connectivity index (χ1) is 7.63. The molecule has 0 atom stereocenters. The lowest BCUT2D eigenvalue weighted by atomic mass is 9.85. The molecule has 0 spiro atoms. The molecule has 0 saturated heterocycles. The van der Waals surface area contributed by atoms with Gasteiger partial charge in [0.15, 0.2) is 0 Å². The maximum absolute atomic E-state index is 12.1. The van der Waals surface area contributed by atoms with E-state index in [0.717, 1.165) is 5.56 Å². The van der Waals surface area contributed by atoms with E-state index < -0.39 is 11.0 Å². The molecule has 1 aromatic rings. The summed E-state index contributed by atoms with van der Waals surface area (Å²) in [5, 5.41) is 0. The van der Waals surface area contributed by atoms with Crippen LogP contribution in [0.1, 0.15) is 40.2 Å². The molecule has 1 aromatic heterocycles. The topological polar surface area (TPSA) is 39.2 Å². The molecular formula is C13H18BrNO2. The van der Waals surface area contributed by atoms with Crippen molar-refractivity contribution in [2.24, 2.45) is 0 Å². The zero-order chi connectivity index (χ0) is 13.3. The molecule has 17 heavy (non-hydrogen) atoms. The van der Waals surface area contributed by atoms with Crippen LogP contribution in [0.25, 0.3) is 0 Å². The second-order valence-corrected chi connectivity index (χ2v) is 6.31. The van der Waals surface area contributed by atoms with E-state index in [-0.39, 0.29) is 5.97 Å². The van der Waals surface area contributed by atoms with Gasteiger partial charge in [-0.1, -0.05) is 0 Å². The van der Waals surface area contributed by atoms with Crippen LogP contribution in [0.15, 0.2) is 22.9 Å². The molecule has 0 aromatic carbocycles. The van der Waals surface area contributed by atoms with Gasteiger partial charge in [0.25, 0.3) is 0 Å². The summed E-state index contributed by atoms with van der Waals surface area (Å²) in [6.45, 7) is 9.29. The van der Waals surface area contributed by atoms with Gasteiger partial charge in [-0.25, -0.2) is 4.98 Å². The Kier molecular flexibility index (Phi) is 3.97. The lowest BCUT2D eigenvalue weighted by Crippen LogP contribution is -2.36. The predicted molar refractivity (Wildman–Crippen MR) is 70.8 cm³/mol. The number of hydrogen-bond donors (Lipinski definition) is 0. The summed E-state index contributed by atoms with van der Waals surface area (Å²) in [6.07, 6.45) is 1.67. The van der Waals surface area contributed by atoms with Crippen LogP contribution in [0.2, 0.25) is 0 Å². The first-order valence-electron chi connectivity index (χ1n) is 5.48. The predicted octanol–water partition coefficient (Wildman–Crippen LogP) is 3.46. The van der Waals surface area contributed by atoms with E-state index in [4.69, 9.17) is 4.74 Å². The molecule has 0 radical (unpaired) electrons. The average molecular weight is 300 g/mol. The van der Waals surface area contributed by atoms with Crippen LogP contribution >= 0.6 is 15.9 Å². The molecule has 4 heteroatoms. The highest BCUT2D eigenvalue weighted by Gasteiger charge is 2.34. The van der Waals surface area contributed by atoms with Gasteiger partial charge in [0, 0.05) is 6.20 Å². The number of halogens is 1. The van der Waals surface area contributed by atoms with Gasteiger partial charge >= 0.3 is 5.97 Å². The van der Waals surface area contributed by atoms with Crippen LogP contribution in [0, 0.1) is 0 Å². The summed E-state index contributed by atoms with van der Waals surface area (Å²) in [4.78, 5) is 16.2. The van der Waals surface area contributed by atoms with E-state index in [2.05, 4.69) is 20.9 Å². The highest BCUT2D eigenvalue weighted by molar-refractivity contribution is 9.10. The van der Waals surface area contributed by atoms with E-state index >= 15 is 0 Å². The summed E-state index contributed by atoms with van der Waals surface area (Å²) < 4.78 is 6.14. The molecule has 94 valence electrons. The molecule has 0 unspecified atom stereocenters. The molecule has 0 aliphatic rings. The van der Waals surface area contributed by atoms with E-state index in [9.17, 15) is 4.79 Å². The van der Waals surface area contributed by atoms with Crippen LogP contribution in [0.4, 0.5) is 0 Å². The summed E-state index contributed by atoms with van der Waals surface area (Å²) in [5.41, 5.74) is -0.272. The Labute approximate surface area is 111 Å². The molecule has 0 fully saturated rings. The SMILES string of the molecule is CC(C)(C)OC(=O)C(C)(C)c1ccnc(Br)c1. The summed E-state index contributed by atoms with van der Waals surface area (Å²) in [7, 11) is 0. The Morgan fingerprint density at radius 3 is 2.35 bits per heavy atom. The Bertz CT molecular complexity index is 422. The molecule has 3 nitrogen and oxygen atoms in total. The van der Waals surface area contributed by atoms with E-state index in [1.54, 1.807) is 6.20 Å². The first-order valence-corrected chi connectivity index (χ1v) is 6.28. The molecule has 1 rings (SSSR count). The second-order valence-electron chi connectivity index (χ2n) is 5.49. The molecule has 0 aliphatic carbocycles. The molecule has 1 heterocycles. The summed E-state index contributed by atoms with van der Waals surface area (Å²) in [6, 6.07) is 3.67. The zero-order valence-electron chi connectivity index (χ0n) is 10.9. The minimum absolute atomic E-state index is 0.233. The van der Waals surface area contributed by atoms with Crippen LogP contribution in [-0.4, -0.2) is 16.6 Å². The van der Waals surface area contributed by atoms with E-state index in [1.807, 2.05) is 46.8 Å². The van der Waals surface area contributed by atoms with Gasteiger partial charge < -0.3 is 4.74 Å². The van der Waals surface area contributed by atoms with Gasteiger partial charge in [-0.05, 0) is 68.2 Å². The van der Waals surface area contributed by atoms with Crippen molar-refractivity contribution in [3.8, 4) is 0 Å². The Morgan fingerprint density at radius 2 is 1.88 bits per heavy atom. The molecule has 0 aliphatic heterocycles. The normalized spacial score (nSPS) is 12.4. The average Bonchev–Trinajstić information content (AvgIpc) is 2.15. The van der Waals surface area contributed by atoms with Gasteiger partial charge in [0.2, 0.25) is 0 Å². The Morgan fingerprint density at radius 1 is 1.29 bits per heavy atom. The largest absolute Gasteiger partial charge is 0.459 e. The number of ether oxygens (including phenoxy) is 1. The smallest absolute Gasteiger partial charge is 0.316 e. The van der Waals surface area contributed by atoms with Gasteiger partial charge in [0.05, 0.1) is 5.41 Å². The highest BCUT2D eigenvalue weighted by atomic mass is 79.9. The molecule has 0 saturated carbocycles. The Hall–Kier alpha value is -0.900. The fourth-order valence-electron chi connectivity index (χ4n) is 1.31. The monoisotopic (exact) mass is 299 g/mol. The lowest BCUT2D eigenvalue weighted by Gasteiger charge is -2.28. The van der Waals surface area contributed by atoms with Crippen molar-refractivity contribution in [1.82, 2.24) is 4.98 Å². The zero-order valence-corrected chi connectivity index (χ0v) is 12.5. The number of hydrogen-bond acceptors (Lipinski definition) is 3. The number of nitrogens with zero attached hydrogens (tertiary/aromatic N) is 1. The lowest BCUT2D eigenvalue weighted by molar-refractivity contribution is -0.160. The second kappa shape index (κ2) is 4.77. The standard InChI is InChI=1S/C13H18BrNO2/c1-12(2,3)17-11(16)13(4,5)9-6-7-15-10(14)8-9/h6-8H,1-5H3. The number of carbonyl (C=O) groups is 1. The van der Waals surface area contributed by atoms with Gasteiger partial charge in [0.1, 0.15) is 10.2 Å². The van der Waals surface area contributed by atoms with Crippen LogP contribution in [-0.2, 0) is 14.9 Å². The van der Waals surface area contributed by atoms with E-state index in [0.29, 0.717) is 4.60 Å². The van der Waals surface area contributed by atoms with Crippen LogP contribution in [0.3, 0.4) is 0 Å². The third-order valence-electron chi connectivity index (χ3n) is 2.36. The first kappa shape index (κ1) is 14.2. The van der Waals surface area contributed by atoms with Crippen molar-refractivity contribution in [1.29, 1.82) is 0 Å². The van der Waals surface area contributed by atoms with Gasteiger partial charge in [-0.3, -0.25) is 4.79 Å². The summed E-state index contributed by atoms with van der Waals surface area (Å²) >= 11 is 3.30. The van der Waals surface area contributed by atoms with E-state index in [1.165, 1.54) is 0 Å². The van der Waals surface area contributed by atoms with Crippen LogP contribution < -0.4 is 0 Å². The number of esters is 1. The minimum Gasteiger partial charge on any atom is -0.459 e. The number of carbonyl (C=O) groups excluding carboxylic acids is 1. The van der Waals surface area contributed by atoms with Crippen molar-refractivity contribution in [3.05, 3.63) is 28.5 Å². The summed E-state index contributed by atoms with van der Waals surface area (Å²) in [5.74, 6) is -0.233. The molecule has 0 N–H and O–H groups in total. The fraction of sp³-hybridized carbons (Fsp3) is 0.538. The Balaban J connectivity index is 2.99. The maximum Gasteiger partial charge on any atom is 0.316 e. The fourth-order valence-corrected chi connectivity index (χ4v) is 1.68. The van der Waals surface area contributed by atoms with Gasteiger partial charge in [-0.15, -0.1) is 0 Å². The third-order valence-corrected chi connectivity index (χ3v) is 2.79. The van der Waals surface area contributed by atoms with Crippen molar-refractivity contribution in [3.63, 3.8) is 0 Å². The van der Waals surface area contributed by atoms with Gasteiger partial charge in [-0.2, -0.15) is 0 Å². The molecule has 0 amide bonds. The molecular weight excluding hydrogens is 282 g/mol. The number of aromatic nitrogens is 1. The minimum atomic E-state index is -0.682. The number of rotatable bonds is 2. The maximum atomic E-state index is 12.1. The van der Waals surface area contributed by atoms with Crippen molar-refractivity contribution < 1.29 is 9.53 Å². The third kappa shape index (κ3) is 3.80. The van der Waals surface area contributed by atoms with Crippen molar-refractivity contribution in [2.75, 3.05) is 0 Å². The highest BCUT2D eigenvalue weighted by Crippen LogP contribution is 2.28. The quantitative estimate of drug-likeness (QED) is 0.620. The van der Waals surface area contributed by atoms with Crippen molar-refractivity contribution in [2.45, 2.75) is 45.6 Å².